The highest BCUT2D eigenvalue weighted by Gasteiger charge is 2.16. The van der Waals surface area contributed by atoms with Crippen LogP contribution in [-0.2, 0) is 20.0 Å². The van der Waals surface area contributed by atoms with E-state index in [9.17, 15) is 16.8 Å². The van der Waals surface area contributed by atoms with E-state index in [4.69, 9.17) is 9.29 Å². The number of hydrogen-bond acceptors (Lipinski definition) is 5. The Bertz CT molecular complexity index is 828. The number of sulfone groups is 1. The monoisotopic (exact) mass is 358 g/mol. The first-order valence-corrected chi connectivity index (χ1v) is 9.75. The first kappa shape index (κ1) is 19.1. The van der Waals surface area contributed by atoms with Crippen molar-refractivity contribution in [1.29, 1.82) is 0 Å². The van der Waals surface area contributed by atoms with Gasteiger partial charge in [0.05, 0.1) is 23.2 Å². The highest BCUT2D eigenvalue weighted by atomic mass is 32.2. The first-order valence-electron chi connectivity index (χ1n) is 6.42. The molecule has 2 aromatic rings. The van der Waals surface area contributed by atoms with Crippen LogP contribution in [0.25, 0.3) is 0 Å². The van der Waals surface area contributed by atoms with Gasteiger partial charge < -0.3 is 4.74 Å². The maximum Gasteiger partial charge on any atom is 0.261 e. The molecule has 0 saturated heterocycles. The molecule has 2 rings (SSSR count). The highest BCUT2D eigenvalue weighted by Crippen LogP contribution is 2.23. The Labute approximate surface area is 136 Å². The lowest BCUT2D eigenvalue weighted by molar-refractivity contribution is 0.414. The van der Waals surface area contributed by atoms with Crippen molar-refractivity contribution in [2.45, 2.75) is 16.7 Å². The van der Waals surface area contributed by atoms with Gasteiger partial charge in [-0.15, -0.1) is 0 Å². The van der Waals surface area contributed by atoms with Gasteiger partial charge >= 0.3 is 0 Å². The molecule has 0 aliphatic heterocycles. The third kappa shape index (κ3) is 6.39. The quantitative estimate of drug-likeness (QED) is 0.846. The van der Waals surface area contributed by atoms with Crippen molar-refractivity contribution in [3.05, 3.63) is 54.1 Å². The Kier molecular flexibility index (Phi) is 6.31. The summed E-state index contributed by atoms with van der Waals surface area (Å²) in [5, 5.41) is 0. The summed E-state index contributed by atoms with van der Waals surface area (Å²) in [4.78, 5) is 0.574. The maximum atomic E-state index is 12.3. The normalized spacial score (nSPS) is 11.3. The SMILES string of the molecule is COc1ccc(S(=O)(=O)c2ccc(C)cc2)cc1.CS(=O)(=O)O. The van der Waals surface area contributed by atoms with E-state index in [0.29, 0.717) is 16.9 Å². The summed E-state index contributed by atoms with van der Waals surface area (Å²) in [7, 11) is -5.56. The fourth-order valence-electron chi connectivity index (χ4n) is 1.61. The Morgan fingerprint density at radius 2 is 1.17 bits per heavy atom. The lowest BCUT2D eigenvalue weighted by Crippen LogP contribution is -2.01. The molecule has 2 aromatic carbocycles. The molecule has 6 nitrogen and oxygen atoms in total. The number of hydrogen-bond donors (Lipinski definition) is 1. The van der Waals surface area contributed by atoms with Gasteiger partial charge in [-0.3, -0.25) is 4.55 Å². The molecule has 0 bridgehead atoms. The van der Waals surface area contributed by atoms with Gasteiger partial charge in [-0.2, -0.15) is 8.42 Å². The molecule has 0 amide bonds. The molecular weight excluding hydrogens is 340 g/mol. The van der Waals surface area contributed by atoms with E-state index >= 15 is 0 Å². The second-order valence-corrected chi connectivity index (χ2v) is 8.14. The van der Waals surface area contributed by atoms with E-state index in [1.807, 2.05) is 6.92 Å². The standard InChI is InChI=1S/C14H14O3S.CH4O3S/c1-11-3-7-13(8-4-11)18(15,16)14-9-5-12(17-2)6-10-14;1-5(2,3)4/h3-10H,1-2H3;1H3,(H,2,3,4). The Balaban J connectivity index is 0.000000463. The third-order valence-corrected chi connectivity index (χ3v) is 4.49. The van der Waals surface area contributed by atoms with Gasteiger partial charge in [-0.25, -0.2) is 8.42 Å². The topological polar surface area (TPSA) is 97.7 Å². The summed E-state index contributed by atoms with van der Waals surface area (Å²) in [5.74, 6) is 0.637. The van der Waals surface area contributed by atoms with Gasteiger partial charge in [-0.05, 0) is 43.3 Å². The highest BCUT2D eigenvalue weighted by molar-refractivity contribution is 7.91. The largest absolute Gasteiger partial charge is 0.497 e. The zero-order valence-electron chi connectivity index (χ0n) is 12.9. The average Bonchev–Trinajstić information content (AvgIpc) is 2.46. The van der Waals surface area contributed by atoms with Crippen molar-refractivity contribution in [3.63, 3.8) is 0 Å². The van der Waals surface area contributed by atoms with Crippen molar-refractivity contribution in [1.82, 2.24) is 0 Å². The summed E-state index contributed by atoms with van der Waals surface area (Å²) in [5.41, 5.74) is 1.03. The summed E-state index contributed by atoms with van der Waals surface area (Å²) in [6.45, 7) is 1.92. The van der Waals surface area contributed by atoms with E-state index in [1.54, 1.807) is 55.6 Å². The lowest BCUT2D eigenvalue weighted by atomic mass is 10.2. The summed E-state index contributed by atoms with van der Waals surface area (Å²) in [6.07, 6.45) is 0.715. The summed E-state index contributed by atoms with van der Waals surface area (Å²) < 4.78 is 55.5. The van der Waals surface area contributed by atoms with Gasteiger partial charge in [-0.1, -0.05) is 17.7 Å². The van der Waals surface area contributed by atoms with Crippen molar-refractivity contribution in [2.75, 3.05) is 13.4 Å². The Morgan fingerprint density at radius 3 is 1.52 bits per heavy atom. The Hall–Kier alpha value is -1.90. The molecular formula is C15H18O6S2. The van der Waals surface area contributed by atoms with Crippen LogP contribution in [0.5, 0.6) is 5.75 Å². The molecule has 8 heteroatoms. The minimum Gasteiger partial charge on any atom is -0.497 e. The molecule has 0 unspecified atom stereocenters. The predicted molar refractivity (Wildman–Crippen MR) is 87.1 cm³/mol. The number of methoxy groups -OCH3 is 1. The van der Waals surface area contributed by atoms with E-state index in [1.165, 1.54) is 0 Å². The molecule has 0 heterocycles. The minimum absolute atomic E-state index is 0.271. The number of benzene rings is 2. The van der Waals surface area contributed by atoms with Gasteiger partial charge in [0.1, 0.15) is 5.75 Å². The average molecular weight is 358 g/mol. The van der Waals surface area contributed by atoms with Gasteiger partial charge in [0.2, 0.25) is 9.84 Å². The van der Waals surface area contributed by atoms with Crippen LogP contribution in [0.1, 0.15) is 5.56 Å². The van der Waals surface area contributed by atoms with Crippen LogP contribution in [0, 0.1) is 6.92 Å². The molecule has 23 heavy (non-hydrogen) atoms. The third-order valence-electron chi connectivity index (χ3n) is 2.70. The molecule has 0 aliphatic carbocycles. The maximum absolute atomic E-state index is 12.3. The zero-order chi connectivity index (χ0) is 17.7. The van der Waals surface area contributed by atoms with E-state index in [0.717, 1.165) is 5.56 Å². The molecule has 126 valence electrons. The van der Waals surface area contributed by atoms with E-state index in [-0.39, 0.29) is 4.90 Å². The molecule has 0 atom stereocenters. The fraction of sp³-hybridized carbons (Fsp3) is 0.200. The van der Waals surface area contributed by atoms with E-state index < -0.39 is 20.0 Å². The zero-order valence-corrected chi connectivity index (χ0v) is 14.6. The molecule has 0 aromatic heterocycles. The first-order chi connectivity index (χ1) is 10.5. The molecule has 0 radical (unpaired) electrons. The van der Waals surface area contributed by atoms with Crippen LogP contribution in [0.3, 0.4) is 0 Å². The second-order valence-electron chi connectivity index (χ2n) is 4.73. The van der Waals surface area contributed by atoms with Crippen molar-refractivity contribution < 1.29 is 26.1 Å². The van der Waals surface area contributed by atoms with Crippen molar-refractivity contribution in [3.8, 4) is 5.75 Å². The van der Waals surface area contributed by atoms with Gasteiger partial charge in [0, 0.05) is 0 Å². The molecule has 0 aliphatic rings. The van der Waals surface area contributed by atoms with Crippen LogP contribution in [0.2, 0.25) is 0 Å². The van der Waals surface area contributed by atoms with Gasteiger partial charge in [0.25, 0.3) is 10.1 Å². The van der Waals surface area contributed by atoms with Crippen molar-refractivity contribution in [2.24, 2.45) is 0 Å². The summed E-state index contributed by atoms with van der Waals surface area (Å²) >= 11 is 0. The van der Waals surface area contributed by atoms with Crippen molar-refractivity contribution >= 4 is 20.0 Å². The second kappa shape index (κ2) is 7.58. The van der Waals surface area contributed by atoms with Crippen LogP contribution < -0.4 is 4.74 Å². The smallest absolute Gasteiger partial charge is 0.261 e. The Morgan fingerprint density at radius 1 is 0.826 bits per heavy atom. The number of ether oxygens (including phenoxy) is 1. The number of aryl methyl sites for hydroxylation is 1. The minimum atomic E-state index is -3.67. The number of rotatable bonds is 3. The predicted octanol–water partition coefficient (Wildman–Crippen LogP) is 2.34. The van der Waals surface area contributed by atoms with Crippen LogP contribution in [0.15, 0.2) is 58.3 Å². The van der Waals surface area contributed by atoms with Gasteiger partial charge in [0.15, 0.2) is 0 Å². The fourth-order valence-corrected chi connectivity index (χ4v) is 2.87. The van der Waals surface area contributed by atoms with Crippen LogP contribution >= 0.6 is 0 Å². The molecule has 1 N–H and O–H groups in total. The molecule has 0 fully saturated rings. The molecule has 0 saturated carbocycles. The molecule has 0 spiro atoms. The summed E-state index contributed by atoms with van der Waals surface area (Å²) in [6, 6.07) is 13.2. The lowest BCUT2D eigenvalue weighted by Gasteiger charge is -2.06. The van der Waals surface area contributed by atoms with E-state index in [2.05, 4.69) is 0 Å². The van der Waals surface area contributed by atoms with Crippen LogP contribution in [0.4, 0.5) is 0 Å². The van der Waals surface area contributed by atoms with Crippen LogP contribution in [-0.4, -0.2) is 34.8 Å².